The van der Waals surface area contributed by atoms with Crippen molar-refractivity contribution in [3.8, 4) is 5.75 Å². The molecule has 0 spiro atoms. The van der Waals surface area contributed by atoms with Gasteiger partial charge in [-0.15, -0.1) is 0 Å². The third-order valence-electron chi connectivity index (χ3n) is 6.77. The van der Waals surface area contributed by atoms with E-state index < -0.39 is 6.15 Å². The lowest BCUT2D eigenvalue weighted by atomic mass is 9.13. The summed E-state index contributed by atoms with van der Waals surface area (Å²) in [4.78, 5) is 0. The molecule has 0 heterocycles. The lowest BCUT2D eigenvalue weighted by Crippen LogP contribution is -2.74. The smallest absolute Gasteiger partial charge is 0.118 e. The number of ether oxygens (including phenoxy) is 1. The van der Waals surface area contributed by atoms with Crippen LogP contribution in [-0.4, -0.2) is 13.3 Å². The molecule has 1 atom stereocenters. The van der Waals surface area contributed by atoms with E-state index in [2.05, 4.69) is 131 Å². The zero-order valence-corrected chi connectivity index (χ0v) is 19.8. The van der Waals surface area contributed by atoms with E-state index in [0.29, 0.717) is 0 Å². The van der Waals surface area contributed by atoms with Crippen molar-refractivity contribution in [3.05, 3.63) is 114 Å². The van der Waals surface area contributed by atoms with E-state index in [1.165, 1.54) is 33.0 Å². The van der Waals surface area contributed by atoms with Gasteiger partial charge >= 0.3 is 0 Å². The minimum Gasteiger partial charge on any atom is -0.497 e. The molecule has 0 aliphatic carbocycles. The molecule has 4 aromatic carbocycles. The minimum atomic E-state index is -1.36. The van der Waals surface area contributed by atoms with E-state index in [1.54, 1.807) is 7.11 Å². The van der Waals surface area contributed by atoms with Crippen LogP contribution in [0.4, 0.5) is 0 Å². The van der Waals surface area contributed by atoms with Crippen LogP contribution in [0.5, 0.6) is 5.75 Å². The standard InChI is InChI=1S/C30H32BO/c1-23-11-15-26(16-12-23)31(25-9-7-6-8-10-25,28-19-21-29(32-5)22-20-28)27-17-13-24(14-18-27)30(2,3)4/h6-22H,1-5H3/q-1. The maximum atomic E-state index is 5.47. The fraction of sp³-hybridized carbons (Fsp3) is 0.200. The first-order valence-electron chi connectivity index (χ1n) is 11.4. The molecule has 0 amide bonds. The number of rotatable bonds is 5. The summed E-state index contributed by atoms with van der Waals surface area (Å²) >= 11 is 0. The van der Waals surface area contributed by atoms with Crippen molar-refractivity contribution < 1.29 is 4.74 Å². The molecule has 0 saturated heterocycles. The van der Waals surface area contributed by atoms with E-state index in [4.69, 9.17) is 4.74 Å². The first-order chi connectivity index (χ1) is 15.4. The van der Waals surface area contributed by atoms with Crippen molar-refractivity contribution in [1.82, 2.24) is 0 Å². The van der Waals surface area contributed by atoms with Gasteiger partial charge in [0.2, 0.25) is 0 Å². The largest absolute Gasteiger partial charge is 0.497 e. The summed E-state index contributed by atoms with van der Waals surface area (Å²) in [5, 5.41) is 0. The van der Waals surface area contributed by atoms with E-state index in [9.17, 15) is 0 Å². The molecule has 162 valence electrons. The summed E-state index contributed by atoms with van der Waals surface area (Å²) in [6.45, 7) is 8.94. The van der Waals surface area contributed by atoms with Crippen LogP contribution in [0.1, 0.15) is 31.9 Å². The van der Waals surface area contributed by atoms with Crippen LogP contribution in [0.15, 0.2) is 103 Å². The maximum Gasteiger partial charge on any atom is 0.118 e. The molecule has 0 saturated carbocycles. The summed E-state index contributed by atoms with van der Waals surface area (Å²) in [5.74, 6) is 0.874. The molecule has 0 fully saturated rings. The lowest BCUT2D eigenvalue weighted by molar-refractivity contribution is 0.415. The van der Waals surface area contributed by atoms with Crippen LogP contribution in [0.2, 0.25) is 0 Å². The number of hydrogen-bond acceptors (Lipinski definition) is 1. The quantitative estimate of drug-likeness (QED) is 0.427. The van der Waals surface area contributed by atoms with Gasteiger partial charge in [0, 0.05) is 0 Å². The molecule has 4 aromatic rings. The molecule has 4 rings (SSSR count). The van der Waals surface area contributed by atoms with E-state index in [0.717, 1.165) is 5.75 Å². The van der Waals surface area contributed by atoms with Crippen LogP contribution in [0.3, 0.4) is 0 Å². The molecule has 1 unspecified atom stereocenters. The predicted octanol–water partition coefficient (Wildman–Crippen LogP) is 4.68. The van der Waals surface area contributed by atoms with Gasteiger partial charge in [-0.05, 0) is 30.0 Å². The van der Waals surface area contributed by atoms with Crippen molar-refractivity contribution in [2.24, 2.45) is 0 Å². The molecular weight excluding hydrogens is 387 g/mol. The summed E-state index contributed by atoms with van der Waals surface area (Å²) in [7, 11) is 1.72. The Balaban J connectivity index is 2.06. The third kappa shape index (κ3) is 3.98. The van der Waals surface area contributed by atoms with Crippen LogP contribution in [0.25, 0.3) is 0 Å². The first-order valence-corrected chi connectivity index (χ1v) is 11.4. The van der Waals surface area contributed by atoms with Gasteiger partial charge in [0.15, 0.2) is 0 Å². The fourth-order valence-electron chi connectivity index (χ4n) is 4.92. The second kappa shape index (κ2) is 8.71. The summed E-state index contributed by atoms with van der Waals surface area (Å²) in [6.07, 6.45) is -1.36. The number of benzene rings is 4. The van der Waals surface area contributed by atoms with Crippen molar-refractivity contribution in [3.63, 3.8) is 0 Å². The predicted molar refractivity (Wildman–Crippen MR) is 140 cm³/mol. The molecule has 0 N–H and O–H groups in total. The Morgan fingerprint density at radius 1 is 0.562 bits per heavy atom. The number of methoxy groups -OCH3 is 1. The molecular formula is C30H32BO-. The number of hydrogen-bond donors (Lipinski definition) is 0. The van der Waals surface area contributed by atoms with Gasteiger partial charge in [-0.25, -0.2) is 0 Å². The molecule has 0 bridgehead atoms. The minimum absolute atomic E-state index is 0.116. The molecule has 0 aliphatic rings. The lowest BCUT2D eigenvalue weighted by Gasteiger charge is -2.44. The maximum absolute atomic E-state index is 5.47. The van der Waals surface area contributed by atoms with Crippen molar-refractivity contribution in [2.45, 2.75) is 33.1 Å². The van der Waals surface area contributed by atoms with Crippen LogP contribution < -0.4 is 26.6 Å². The summed E-state index contributed by atoms with van der Waals surface area (Å²) < 4.78 is 5.47. The van der Waals surface area contributed by atoms with Gasteiger partial charge in [0.1, 0.15) is 11.9 Å². The number of aryl methyl sites for hydroxylation is 1. The van der Waals surface area contributed by atoms with Gasteiger partial charge in [0.05, 0.1) is 7.11 Å². The Morgan fingerprint density at radius 2 is 1.00 bits per heavy atom. The molecule has 0 aromatic heterocycles. The highest BCUT2D eigenvalue weighted by molar-refractivity contribution is 7.19. The van der Waals surface area contributed by atoms with E-state index in [-0.39, 0.29) is 5.41 Å². The third-order valence-corrected chi connectivity index (χ3v) is 6.77. The van der Waals surface area contributed by atoms with Crippen LogP contribution >= 0.6 is 0 Å². The highest BCUT2D eigenvalue weighted by atomic mass is 16.5. The topological polar surface area (TPSA) is 9.23 Å². The second-order valence-corrected chi connectivity index (χ2v) is 9.83. The Kier molecular flexibility index (Phi) is 5.97. The second-order valence-electron chi connectivity index (χ2n) is 9.83. The molecule has 0 radical (unpaired) electrons. The Labute approximate surface area is 193 Å². The Hall–Kier alpha value is -3.26. The summed E-state index contributed by atoms with van der Waals surface area (Å²) in [5.41, 5.74) is 7.95. The Bertz CT molecular complexity index is 1150. The van der Waals surface area contributed by atoms with Gasteiger partial charge in [0.25, 0.3) is 0 Å². The van der Waals surface area contributed by atoms with Gasteiger partial charge < -0.3 is 4.74 Å². The monoisotopic (exact) mass is 419 g/mol. The van der Waals surface area contributed by atoms with Gasteiger partial charge in [-0.2, -0.15) is 21.9 Å². The van der Waals surface area contributed by atoms with E-state index in [1.807, 2.05) is 0 Å². The van der Waals surface area contributed by atoms with Crippen LogP contribution in [0, 0.1) is 6.92 Å². The average Bonchev–Trinajstić information content (AvgIpc) is 2.81. The Morgan fingerprint density at radius 3 is 1.47 bits per heavy atom. The van der Waals surface area contributed by atoms with Crippen molar-refractivity contribution in [1.29, 1.82) is 0 Å². The molecule has 1 nitrogen and oxygen atoms in total. The molecule has 2 heteroatoms. The SMILES string of the molecule is COc1ccc([B-](c2ccccc2)(c2ccc(C)cc2)c2ccc(C(C)(C)C)cc2)cc1. The average molecular weight is 419 g/mol. The summed E-state index contributed by atoms with van der Waals surface area (Å²) in [6, 6.07) is 37.8. The van der Waals surface area contributed by atoms with Gasteiger partial charge in [-0.3, -0.25) is 0 Å². The normalized spacial score (nSPS) is 13.4. The van der Waals surface area contributed by atoms with Crippen molar-refractivity contribution >= 4 is 28.0 Å². The van der Waals surface area contributed by atoms with Crippen LogP contribution in [-0.2, 0) is 5.41 Å². The fourth-order valence-corrected chi connectivity index (χ4v) is 4.92. The first kappa shape index (κ1) is 22.0. The zero-order chi connectivity index (χ0) is 22.8. The zero-order valence-electron chi connectivity index (χ0n) is 19.8. The van der Waals surface area contributed by atoms with Crippen molar-refractivity contribution in [2.75, 3.05) is 7.11 Å². The van der Waals surface area contributed by atoms with E-state index >= 15 is 0 Å². The molecule has 32 heavy (non-hydrogen) atoms. The molecule has 0 aliphatic heterocycles. The highest BCUT2D eigenvalue weighted by Gasteiger charge is 2.32. The highest BCUT2D eigenvalue weighted by Crippen LogP contribution is 2.22. The van der Waals surface area contributed by atoms with Gasteiger partial charge in [-0.1, -0.05) is 117 Å².